The molecule has 3 rings (SSSR count). The Kier molecular flexibility index (Phi) is 6.62. The number of rotatable bonds is 4. The second kappa shape index (κ2) is 9.04. The first-order chi connectivity index (χ1) is 14.6. The lowest BCUT2D eigenvalue weighted by molar-refractivity contribution is -0.137. The first-order valence-electron chi connectivity index (χ1n) is 9.05. The molecule has 0 aliphatic carbocycles. The predicted octanol–water partition coefficient (Wildman–Crippen LogP) is 1.80. The maximum Gasteiger partial charge on any atom is 0.416 e. The Labute approximate surface area is 176 Å². The number of ether oxygens (including phenoxy) is 1. The second-order valence-electron chi connectivity index (χ2n) is 6.53. The molecule has 1 aliphatic heterocycles. The number of amides is 2. The van der Waals surface area contributed by atoms with Crippen LogP contribution in [0.15, 0.2) is 53.4 Å². The maximum atomic E-state index is 12.7. The molecule has 12 heteroatoms. The molecule has 166 valence electrons. The van der Waals surface area contributed by atoms with Crippen LogP contribution in [0.3, 0.4) is 0 Å². The number of sulfonamides is 1. The Hall–Kier alpha value is -2.96. The van der Waals surface area contributed by atoms with Crippen LogP contribution in [0.2, 0.25) is 0 Å². The molecule has 1 fully saturated rings. The summed E-state index contributed by atoms with van der Waals surface area (Å²) in [6.07, 6.45) is -4.53. The lowest BCUT2D eigenvalue weighted by Gasteiger charge is -2.26. The summed E-state index contributed by atoms with van der Waals surface area (Å²) < 4.78 is 69.6. The summed E-state index contributed by atoms with van der Waals surface area (Å²) in [5.74, 6) is -1.63. The van der Waals surface area contributed by atoms with Crippen molar-refractivity contribution in [3.05, 3.63) is 65.2 Å². The standard InChI is InChI=1S/C19H18F3N3O5S/c20-19(21,22)15-6-4-13(5-7-15)17(26)23-24-18(27)14-2-1-3-16(12-14)31(28,29)25-8-10-30-11-9-25/h1-7,12H,8-11H2,(H,23,26)(H,24,27). The van der Waals surface area contributed by atoms with Crippen molar-refractivity contribution in [3.8, 4) is 0 Å². The van der Waals surface area contributed by atoms with Crippen LogP contribution in [0.1, 0.15) is 26.3 Å². The number of carbonyl (C=O) groups excluding carboxylic acids is 2. The van der Waals surface area contributed by atoms with Gasteiger partial charge in [0, 0.05) is 24.2 Å². The Balaban J connectivity index is 1.66. The molecule has 2 amide bonds. The number of benzene rings is 2. The number of hydrogen-bond donors (Lipinski definition) is 2. The van der Waals surface area contributed by atoms with Crippen molar-refractivity contribution in [2.75, 3.05) is 26.3 Å². The zero-order valence-electron chi connectivity index (χ0n) is 16.0. The van der Waals surface area contributed by atoms with Gasteiger partial charge in [0.2, 0.25) is 10.0 Å². The van der Waals surface area contributed by atoms with Crippen LogP contribution < -0.4 is 10.9 Å². The van der Waals surface area contributed by atoms with Crippen LogP contribution in [0.4, 0.5) is 13.2 Å². The number of morpholine rings is 1. The minimum atomic E-state index is -4.53. The van der Waals surface area contributed by atoms with Crippen LogP contribution in [0.25, 0.3) is 0 Å². The number of carbonyl (C=O) groups is 2. The van der Waals surface area contributed by atoms with E-state index in [1.807, 2.05) is 0 Å². The summed E-state index contributed by atoms with van der Waals surface area (Å²) in [7, 11) is -3.81. The number of hydrazine groups is 1. The number of nitrogens with one attached hydrogen (secondary N) is 2. The van der Waals surface area contributed by atoms with Gasteiger partial charge in [-0.3, -0.25) is 20.4 Å². The van der Waals surface area contributed by atoms with Gasteiger partial charge in [-0.25, -0.2) is 8.42 Å². The average Bonchev–Trinajstić information content (AvgIpc) is 2.77. The smallest absolute Gasteiger partial charge is 0.379 e. The zero-order chi connectivity index (χ0) is 22.6. The normalized spacial score (nSPS) is 15.3. The molecule has 1 heterocycles. The van der Waals surface area contributed by atoms with Crippen molar-refractivity contribution in [1.29, 1.82) is 0 Å². The summed E-state index contributed by atoms with van der Waals surface area (Å²) in [6.45, 7) is 0.939. The molecule has 0 atom stereocenters. The van der Waals surface area contributed by atoms with E-state index in [9.17, 15) is 31.2 Å². The zero-order valence-corrected chi connectivity index (χ0v) is 16.8. The number of alkyl halides is 3. The van der Waals surface area contributed by atoms with E-state index in [1.165, 1.54) is 28.6 Å². The molecular formula is C19H18F3N3O5S. The molecule has 1 aliphatic rings. The van der Waals surface area contributed by atoms with Gasteiger partial charge in [0.05, 0.1) is 23.7 Å². The molecule has 2 aromatic rings. The highest BCUT2D eigenvalue weighted by molar-refractivity contribution is 7.89. The highest BCUT2D eigenvalue weighted by Crippen LogP contribution is 2.29. The summed E-state index contributed by atoms with van der Waals surface area (Å²) in [4.78, 5) is 24.3. The lowest BCUT2D eigenvalue weighted by atomic mass is 10.1. The maximum absolute atomic E-state index is 12.7. The van der Waals surface area contributed by atoms with E-state index in [-0.39, 0.29) is 42.3 Å². The molecule has 0 saturated carbocycles. The van der Waals surface area contributed by atoms with Gasteiger partial charge < -0.3 is 4.74 Å². The first kappa shape index (κ1) is 22.7. The minimum Gasteiger partial charge on any atom is -0.379 e. The fraction of sp³-hybridized carbons (Fsp3) is 0.263. The predicted molar refractivity (Wildman–Crippen MR) is 102 cm³/mol. The van der Waals surface area contributed by atoms with Crippen molar-refractivity contribution in [3.63, 3.8) is 0 Å². The highest BCUT2D eigenvalue weighted by Gasteiger charge is 2.30. The van der Waals surface area contributed by atoms with Crippen LogP contribution in [0, 0.1) is 0 Å². The van der Waals surface area contributed by atoms with Crippen LogP contribution >= 0.6 is 0 Å². The van der Waals surface area contributed by atoms with Crippen LogP contribution in [0.5, 0.6) is 0 Å². The third-order valence-electron chi connectivity index (χ3n) is 4.47. The first-order valence-corrected chi connectivity index (χ1v) is 10.5. The molecule has 1 saturated heterocycles. The highest BCUT2D eigenvalue weighted by atomic mass is 32.2. The van der Waals surface area contributed by atoms with Gasteiger partial charge in [-0.1, -0.05) is 6.07 Å². The van der Waals surface area contributed by atoms with E-state index in [0.717, 1.165) is 24.3 Å². The van der Waals surface area contributed by atoms with Crippen LogP contribution in [-0.2, 0) is 20.9 Å². The van der Waals surface area contributed by atoms with Crippen LogP contribution in [-0.4, -0.2) is 50.8 Å². The van der Waals surface area contributed by atoms with Crippen molar-refractivity contribution < 1.29 is 35.9 Å². The molecular weight excluding hydrogens is 439 g/mol. The second-order valence-corrected chi connectivity index (χ2v) is 8.47. The van der Waals surface area contributed by atoms with Crippen molar-refractivity contribution in [2.24, 2.45) is 0 Å². The van der Waals surface area contributed by atoms with Gasteiger partial charge in [-0.15, -0.1) is 0 Å². The van der Waals surface area contributed by atoms with Gasteiger partial charge in [0.1, 0.15) is 0 Å². The minimum absolute atomic E-state index is 0.0259. The third kappa shape index (κ3) is 5.40. The average molecular weight is 457 g/mol. The van der Waals surface area contributed by atoms with Crippen molar-refractivity contribution in [1.82, 2.24) is 15.2 Å². The summed E-state index contributed by atoms with van der Waals surface area (Å²) >= 11 is 0. The molecule has 2 N–H and O–H groups in total. The van der Waals surface area contributed by atoms with Crippen molar-refractivity contribution >= 4 is 21.8 Å². The Morgan fingerprint density at radius 1 is 0.903 bits per heavy atom. The number of halogens is 3. The molecule has 0 aromatic heterocycles. The van der Waals surface area contributed by atoms with Gasteiger partial charge in [0.15, 0.2) is 0 Å². The molecule has 0 spiro atoms. The number of nitrogens with zero attached hydrogens (tertiary/aromatic N) is 1. The lowest BCUT2D eigenvalue weighted by Crippen LogP contribution is -2.42. The van der Waals surface area contributed by atoms with E-state index in [1.54, 1.807) is 0 Å². The molecule has 0 radical (unpaired) electrons. The van der Waals surface area contributed by atoms with Gasteiger partial charge in [-0.05, 0) is 42.5 Å². The van der Waals surface area contributed by atoms with E-state index in [4.69, 9.17) is 4.74 Å². The molecule has 0 unspecified atom stereocenters. The fourth-order valence-corrected chi connectivity index (χ4v) is 4.26. The molecule has 0 bridgehead atoms. The largest absolute Gasteiger partial charge is 0.416 e. The molecule has 2 aromatic carbocycles. The third-order valence-corrected chi connectivity index (χ3v) is 6.36. The molecule has 8 nitrogen and oxygen atoms in total. The van der Waals surface area contributed by atoms with Gasteiger partial charge in [0.25, 0.3) is 11.8 Å². The summed E-state index contributed by atoms with van der Waals surface area (Å²) in [6, 6.07) is 8.71. The molecule has 31 heavy (non-hydrogen) atoms. The Bertz CT molecular complexity index is 1070. The van der Waals surface area contributed by atoms with Gasteiger partial charge >= 0.3 is 6.18 Å². The number of hydrogen-bond acceptors (Lipinski definition) is 5. The monoisotopic (exact) mass is 457 g/mol. The fourth-order valence-electron chi connectivity index (χ4n) is 2.80. The summed E-state index contributed by atoms with van der Waals surface area (Å²) in [5.41, 5.74) is 3.16. The Morgan fingerprint density at radius 3 is 2.06 bits per heavy atom. The van der Waals surface area contributed by atoms with Crippen molar-refractivity contribution in [2.45, 2.75) is 11.1 Å². The van der Waals surface area contributed by atoms with E-state index in [2.05, 4.69) is 10.9 Å². The topological polar surface area (TPSA) is 105 Å². The van der Waals surface area contributed by atoms with Gasteiger partial charge in [-0.2, -0.15) is 17.5 Å². The Morgan fingerprint density at radius 2 is 1.48 bits per heavy atom. The van der Waals surface area contributed by atoms with E-state index >= 15 is 0 Å². The van der Waals surface area contributed by atoms with E-state index in [0.29, 0.717) is 0 Å². The summed E-state index contributed by atoms with van der Waals surface area (Å²) in [5, 5.41) is 0. The van der Waals surface area contributed by atoms with E-state index < -0.39 is 33.6 Å². The quantitative estimate of drug-likeness (QED) is 0.682. The SMILES string of the molecule is O=C(NNC(=O)c1cccc(S(=O)(=O)N2CCOCC2)c1)c1ccc(C(F)(F)F)cc1.